The predicted octanol–water partition coefficient (Wildman–Crippen LogP) is 17.6. The average Bonchev–Trinajstić information content (AvgIpc) is 0.957. The second-order valence-corrected chi connectivity index (χ2v) is 39.2. The second kappa shape index (κ2) is 33.0. The molecule has 16 nitrogen and oxygen atoms in total. The molecule has 12 rings (SSSR count). The highest BCUT2D eigenvalue weighted by Crippen LogP contribution is 2.62. The Labute approximate surface area is 619 Å². The lowest BCUT2D eigenvalue weighted by Gasteiger charge is -2.42. The van der Waals surface area contributed by atoms with Gasteiger partial charge in [-0.1, -0.05) is 141 Å². The Morgan fingerprint density at radius 2 is 0.532 bits per heavy atom. The van der Waals surface area contributed by atoms with Crippen molar-refractivity contribution in [1.29, 1.82) is 0 Å². The van der Waals surface area contributed by atoms with E-state index in [9.17, 15) is 138 Å². The number of alkyl halides is 20. The summed E-state index contributed by atoms with van der Waals surface area (Å²) in [7, 11) is -40.2. The van der Waals surface area contributed by atoms with Gasteiger partial charge >= 0.3 is 55.2 Å². The summed E-state index contributed by atoms with van der Waals surface area (Å²) in [4.78, 5) is 9.72. The molecule has 109 heavy (non-hydrogen) atoms. The summed E-state index contributed by atoms with van der Waals surface area (Å²) in [6.07, 6.45) is 5.10. The van der Waals surface area contributed by atoms with E-state index in [1.54, 1.807) is 4.90 Å². The van der Waals surface area contributed by atoms with Crippen LogP contribution in [0.1, 0.15) is 32.6 Å². The molecule has 4 heterocycles. The van der Waals surface area contributed by atoms with E-state index in [-0.39, 0.29) is 21.8 Å². The molecular weight excluding hydrogens is 1690 g/mol. The number of ether oxygens (including phenoxy) is 1. The maximum atomic E-state index is 12.7. The molecule has 0 aliphatic carbocycles. The van der Waals surface area contributed by atoms with Crippen molar-refractivity contribution in [2.45, 2.75) is 122 Å². The van der Waals surface area contributed by atoms with Crippen LogP contribution in [-0.2, 0) is 92.8 Å². The molecule has 0 aromatic heterocycles. The lowest BCUT2D eigenvalue weighted by atomic mass is 10.1. The van der Waals surface area contributed by atoms with Crippen molar-refractivity contribution in [1.82, 2.24) is 0 Å². The molecular formula is C64H53F20N3O13S9. The fourth-order valence-electron chi connectivity index (χ4n) is 9.32. The van der Waals surface area contributed by atoms with Crippen LogP contribution in [0.2, 0.25) is 0 Å². The monoisotopic (exact) mass is 1740 g/mol. The van der Waals surface area contributed by atoms with Gasteiger partial charge in [0.2, 0.25) is 0 Å². The van der Waals surface area contributed by atoms with Gasteiger partial charge in [-0.15, -0.1) is 0 Å². The van der Waals surface area contributed by atoms with E-state index in [0.29, 0.717) is 10.9 Å². The summed E-state index contributed by atoms with van der Waals surface area (Å²) >= 11 is 0. The van der Waals surface area contributed by atoms with E-state index in [1.165, 1.54) is 70.9 Å². The van der Waals surface area contributed by atoms with Crippen molar-refractivity contribution in [3.05, 3.63) is 231 Å². The Morgan fingerprint density at radius 3 is 0.771 bits per heavy atom. The number of unbranched alkanes of at least 4 members (excludes halogenated alkanes) is 1. The first-order chi connectivity index (χ1) is 50.2. The third-order valence-corrected chi connectivity index (χ3v) is 32.1. The number of fused-ring (bicyclic) bond motifs is 1. The van der Waals surface area contributed by atoms with Crippen molar-refractivity contribution >= 4 is 104 Å². The van der Waals surface area contributed by atoms with Gasteiger partial charge < -0.3 is 17.1 Å². The fraction of sp³-hybridized carbons (Fsp3) is 0.281. The molecule has 8 aromatic carbocycles. The number of nitrogens with zero attached hydrogens (tertiary/aromatic N) is 3. The van der Waals surface area contributed by atoms with Crippen molar-refractivity contribution in [3.63, 3.8) is 0 Å². The molecule has 0 atom stereocenters. The first-order valence-corrected chi connectivity index (χ1v) is 42.9. The number of benzene rings is 8. The highest BCUT2D eigenvalue weighted by molar-refractivity contribution is 8.14. The van der Waals surface area contributed by atoms with Crippen LogP contribution in [0, 0.1) is 0 Å². The molecule has 0 saturated carbocycles. The van der Waals surface area contributed by atoms with Crippen LogP contribution < -0.4 is 4.74 Å². The zero-order chi connectivity index (χ0) is 81.7. The minimum Gasteiger partial charge on any atom is -0.493 e. The van der Waals surface area contributed by atoms with Gasteiger partial charge in [-0.05, 0) is 110 Å². The van der Waals surface area contributed by atoms with Crippen molar-refractivity contribution in [2.75, 3.05) is 18.1 Å². The van der Waals surface area contributed by atoms with Crippen LogP contribution in [0.25, 0.3) is 23.2 Å². The Morgan fingerprint density at radius 1 is 0.312 bits per heavy atom. The smallest absolute Gasteiger partial charge is 0.399 e. The molecule has 0 bridgehead atoms. The predicted molar refractivity (Wildman–Crippen MR) is 365 cm³/mol. The molecule has 4 aliphatic heterocycles. The summed E-state index contributed by atoms with van der Waals surface area (Å²) in [5, 5.41) is -36.2. The summed E-state index contributed by atoms with van der Waals surface area (Å²) < 4.78 is 384. The zero-order valence-electron chi connectivity index (χ0n) is 54.6. The molecule has 0 amide bonds. The van der Waals surface area contributed by atoms with Crippen molar-refractivity contribution < 1.29 is 143 Å². The second-order valence-electron chi connectivity index (χ2n) is 22.4. The maximum absolute atomic E-state index is 12.7. The van der Waals surface area contributed by atoms with Crippen LogP contribution >= 0.6 is 0 Å². The van der Waals surface area contributed by atoms with Crippen LogP contribution in [0.4, 0.5) is 87.8 Å². The van der Waals surface area contributed by atoms with Gasteiger partial charge in [0.1, 0.15) is 17.3 Å². The van der Waals surface area contributed by atoms with Gasteiger partial charge in [-0.2, -0.15) is 87.8 Å². The van der Waals surface area contributed by atoms with E-state index in [0.717, 1.165) is 31.2 Å². The highest BCUT2D eigenvalue weighted by Gasteiger charge is 2.87. The van der Waals surface area contributed by atoms with Gasteiger partial charge in [-0.25, -0.2) is 50.5 Å². The molecule has 0 radical (unpaired) electrons. The Hall–Kier alpha value is -6.95. The first-order valence-electron chi connectivity index (χ1n) is 30.3. The molecule has 4 fully saturated rings. The SMILES string of the molecule is CCCCOc1ccc([S+]2CCCC2)c2ccccc12.O=S1(=O)[N-]S(=O)(=O)C(F)(F)C(F)(F)C(F)(F)C1(F)F.O=S1(=O)[N-]S(=O)(=O)C(F)(F)C(F)(F)C1(F)F.O=S1(=O)[N-]S(=O)(=O)C(F)(F)C(F)(F)C1(F)F.c1ccc([S+](c2ccccc2)c2ccccc2)cc1.c1ccc([S+](c2ccccc2)c2ccccc2)cc1. The summed E-state index contributed by atoms with van der Waals surface area (Å²) in [6, 6.07) is 77.6. The number of rotatable bonds is 11. The van der Waals surface area contributed by atoms with Gasteiger partial charge in [0.15, 0.2) is 94.4 Å². The van der Waals surface area contributed by atoms with E-state index >= 15 is 0 Å². The van der Waals surface area contributed by atoms with E-state index in [1.807, 2.05) is 0 Å². The van der Waals surface area contributed by atoms with E-state index in [4.69, 9.17) is 4.74 Å². The summed E-state index contributed by atoms with van der Waals surface area (Å²) in [6.45, 7) is 3.03. The molecule has 596 valence electrons. The summed E-state index contributed by atoms with van der Waals surface area (Å²) in [5.41, 5.74) is 0. The third kappa shape index (κ3) is 17.2. The third-order valence-electron chi connectivity index (χ3n) is 14.9. The Bertz CT molecular complexity index is 4630. The fourth-order valence-corrected chi connectivity index (χ4v) is 24.2. The largest absolute Gasteiger partial charge is 0.493 e. The number of hydrogen-bond acceptors (Lipinski definition) is 13. The van der Waals surface area contributed by atoms with E-state index in [2.05, 4.69) is 225 Å². The number of halogens is 20. The first kappa shape index (κ1) is 89.3. The normalized spacial score (nSPS) is 22.1. The van der Waals surface area contributed by atoms with Gasteiger partial charge in [0.05, 0.1) is 28.4 Å². The zero-order valence-corrected chi connectivity index (χ0v) is 62.0. The van der Waals surface area contributed by atoms with Crippen LogP contribution in [-0.4, -0.2) is 124 Å². The number of sulfonamides is 6. The molecule has 45 heteroatoms. The molecule has 4 saturated heterocycles. The van der Waals surface area contributed by atoms with Crippen LogP contribution in [0.3, 0.4) is 0 Å². The highest BCUT2D eigenvalue weighted by atomic mass is 32.3. The van der Waals surface area contributed by atoms with Crippen LogP contribution in [0.5, 0.6) is 5.75 Å². The quantitative estimate of drug-likeness (QED) is 0.0664. The average molecular weight is 1740 g/mol. The molecule has 8 aromatic rings. The lowest BCUT2D eigenvalue weighted by molar-refractivity contribution is -0.324. The molecule has 0 N–H and O–H groups in total. The van der Waals surface area contributed by atoms with Gasteiger partial charge in [-0.3, -0.25) is 0 Å². The number of hydrogen-bond donors (Lipinski definition) is 0. The van der Waals surface area contributed by atoms with Crippen molar-refractivity contribution in [3.8, 4) is 5.75 Å². The van der Waals surface area contributed by atoms with Crippen LogP contribution in [0.15, 0.2) is 253 Å². The Balaban J connectivity index is 0.000000182. The van der Waals surface area contributed by atoms with Crippen molar-refractivity contribution in [2.24, 2.45) is 0 Å². The summed E-state index contributed by atoms with van der Waals surface area (Å²) in [5.74, 6) is -23.8. The maximum Gasteiger partial charge on any atom is 0.399 e. The molecule has 4 aliphatic rings. The van der Waals surface area contributed by atoms with Gasteiger partial charge in [0.25, 0.3) is 0 Å². The Kier molecular flexibility index (Phi) is 27.0. The van der Waals surface area contributed by atoms with E-state index < -0.39 is 115 Å². The minimum atomic E-state index is -7.20. The standard InChI is InChI=1S/C18H23OS.2C18H15S.C4F8NO4S2.2C3F6NO4S2/c1-2-3-12-19-17-10-11-18(20-13-6-7-14-20)16-9-5-4-8-15(16)17;2*1-4-10-16(11-5-1)19(17-12-6-2-7-13-17)18-14-8-3-9-15-18;5-1(6)2(7,8)4(11,12)19(16,17)13-18(14,15)3(1,9)10;2*4-1(5)2(6,7)15(11,12)10-16(13,14)3(1,8)9/h4-5,8-11H,2-3,6-7,12-14H2,1H3;2*1-15H;;;/q3*+1;3*-1. The topological polar surface area (TPSA) is 256 Å². The minimum absolute atomic E-state index is 0.0146. The lowest BCUT2D eigenvalue weighted by Crippen LogP contribution is -2.64. The molecule has 0 unspecified atom stereocenters. The molecule has 0 spiro atoms. The van der Waals surface area contributed by atoms with Gasteiger partial charge in [0, 0.05) is 21.7 Å².